The monoisotopic (exact) mass is 370 g/mol. The number of hydrogen-bond acceptors (Lipinski definition) is 4. The first kappa shape index (κ1) is 16.5. The molecule has 0 radical (unpaired) electrons. The maximum absolute atomic E-state index is 6.15. The third kappa shape index (κ3) is 3.87. The zero-order chi connectivity index (χ0) is 15.6. The summed E-state index contributed by atoms with van der Waals surface area (Å²) in [6.45, 7) is 5.07. The van der Waals surface area contributed by atoms with E-state index in [1.54, 1.807) is 11.3 Å². The van der Waals surface area contributed by atoms with Gasteiger partial charge in [-0.3, -0.25) is 4.68 Å². The highest BCUT2D eigenvalue weighted by Crippen LogP contribution is 2.27. The highest BCUT2D eigenvalue weighted by Gasteiger charge is 2.19. The number of halogens is 1. The van der Waals surface area contributed by atoms with Crippen molar-refractivity contribution in [1.29, 1.82) is 0 Å². The molecule has 0 spiro atoms. The van der Waals surface area contributed by atoms with Crippen molar-refractivity contribution in [3.05, 3.63) is 32.1 Å². The summed E-state index contributed by atoms with van der Waals surface area (Å²) >= 11 is 5.28. The largest absolute Gasteiger partial charge is 0.355 e. The van der Waals surface area contributed by atoms with Crippen LogP contribution in [0.25, 0.3) is 0 Å². The average Bonchev–Trinajstić information content (AvgIpc) is 2.93. The maximum atomic E-state index is 6.15. The number of rotatable bonds is 6. The fourth-order valence-electron chi connectivity index (χ4n) is 2.56. The van der Waals surface area contributed by atoms with Gasteiger partial charge in [0.2, 0.25) is 0 Å². The van der Waals surface area contributed by atoms with Gasteiger partial charge in [0.15, 0.2) is 0 Å². The van der Waals surface area contributed by atoms with Crippen LogP contribution in [0.5, 0.6) is 0 Å². The van der Waals surface area contributed by atoms with Gasteiger partial charge in [0.05, 0.1) is 12.2 Å². The molecule has 0 bridgehead atoms. The van der Waals surface area contributed by atoms with Gasteiger partial charge >= 0.3 is 0 Å². The maximum Gasteiger partial charge on any atom is 0.130 e. The Hall–Kier alpha value is -0.850. The highest BCUT2D eigenvalue weighted by atomic mass is 79.9. The van der Waals surface area contributed by atoms with Crippen LogP contribution in [0.2, 0.25) is 0 Å². The lowest BCUT2D eigenvalue weighted by atomic mass is 10.0. The molecular weight excluding hydrogens is 348 g/mol. The summed E-state index contributed by atoms with van der Waals surface area (Å²) in [5, 5.41) is 6.70. The van der Waals surface area contributed by atoms with E-state index in [1.165, 1.54) is 16.3 Å². The van der Waals surface area contributed by atoms with E-state index in [0.29, 0.717) is 0 Å². The summed E-state index contributed by atoms with van der Waals surface area (Å²) in [5.41, 5.74) is 8.50. The van der Waals surface area contributed by atoms with Crippen LogP contribution in [0.3, 0.4) is 0 Å². The molecule has 0 aromatic carbocycles. The Morgan fingerprint density at radius 1 is 1.52 bits per heavy atom. The van der Waals surface area contributed by atoms with Gasteiger partial charge in [-0.15, -0.1) is 11.3 Å². The number of anilines is 1. The molecule has 0 aliphatic carbocycles. The summed E-state index contributed by atoms with van der Waals surface area (Å²) < 4.78 is 3.11. The number of hydrogen-bond donors (Lipinski definition) is 1. The van der Waals surface area contributed by atoms with Gasteiger partial charge in [-0.05, 0) is 41.8 Å². The lowest BCUT2D eigenvalue weighted by Crippen LogP contribution is -2.25. The number of nitrogens with two attached hydrogens (primary N) is 1. The third-order valence-electron chi connectivity index (χ3n) is 3.68. The smallest absolute Gasteiger partial charge is 0.130 e. The van der Waals surface area contributed by atoms with Crippen molar-refractivity contribution in [3.63, 3.8) is 0 Å². The topological polar surface area (TPSA) is 47.1 Å². The summed E-state index contributed by atoms with van der Waals surface area (Å²) in [6, 6.07) is 2.36. The summed E-state index contributed by atoms with van der Waals surface area (Å²) in [6.07, 6.45) is 1.86. The van der Waals surface area contributed by atoms with Crippen molar-refractivity contribution in [2.45, 2.75) is 39.3 Å². The van der Waals surface area contributed by atoms with Crippen molar-refractivity contribution in [2.24, 2.45) is 12.8 Å². The van der Waals surface area contributed by atoms with Crippen LogP contribution in [-0.2, 0) is 20.0 Å². The normalized spacial score (nSPS) is 12.7. The van der Waals surface area contributed by atoms with Crippen LogP contribution in [0, 0.1) is 6.92 Å². The van der Waals surface area contributed by atoms with E-state index in [1.807, 2.05) is 11.7 Å². The van der Waals surface area contributed by atoms with Crippen LogP contribution in [0.4, 0.5) is 5.82 Å². The molecule has 0 amide bonds. The van der Waals surface area contributed by atoms with E-state index < -0.39 is 0 Å². The number of thiophene rings is 1. The van der Waals surface area contributed by atoms with Gasteiger partial charge in [-0.25, -0.2) is 0 Å². The standard InChI is InChI=1S/C15H23BrN4S/c1-5-12(17)7-14-10(2)18-20(4)15(14)19(3)8-13-6-11(16)9-21-13/h6,9,12H,5,7-8,17H2,1-4H3. The summed E-state index contributed by atoms with van der Waals surface area (Å²) in [4.78, 5) is 3.59. The van der Waals surface area contributed by atoms with Crippen LogP contribution in [0.15, 0.2) is 15.9 Å². The Kier molecular flexibility index (Phi) is 5.46. The average molecular weight is 371 g/mol. The van der Waals surface area contributed by atoms with Crippen LogP contribution >= 0.6 is 27.3 Å². The van der Waals surface area contributed by atoms with Crippen molar-refractivity contribution < 1.29 is 0 Å². The van der Waals surface area contributed by atoms with Crippen molar-refractivity contribution in [2.75, 3.05) is 11.9 Å². The summed E-state index contributed by atoms with van der Waals surface area (Å²) in [7, 11) is 4.12. The molecule has 1 unspecified atom stereocenters. The van der Waals surface area contributed by atoms with Crippen LogP contribution in [-0.4, -0.2) is 22.9 Å². The Bertz CT molecular complexity index is 605. The minimum Gasteiger partial charge on any atom is -0.355 e. The quantitative estimate of drug-likeness (QED) is 0.846. The lowest BCUT2D eigenvalue weighted by Gasteiger charge is -2.21. The molecule has 0 aliphatic rings. The van der Waals surface area contributed by atoms with Crippen molar-refractivity contribution >= 4 is 33.1 Å². The highest BCUT2D eigenvalue weighted by molar-refractivity contribution is 9.10. The molecule has 2 aromatic rings. The van der Waals surface area contributed by atoms with E-state index in [-0.39, 0.29) is 6.04 Å². The zero-order valence-electron chi connectivity index (χ0n) is 13.1. The molecule has 116 valence electrons. The third-order valence-corrected chi connectivity index (χ3v) is 5.36. The van der Waals surface area contributed by atoms with Crippen molar-refractivity contribution in [3.8, 4) is 0 Å². The van der Waals surface area contributed by atoms with E-state index in [2.05, 4.69) is 58.3 Å². The molecular formula is C15H23BrN4S. The van der Waals surface area contributed by atoms with E-state index in [9.17, 15) is 0 Å². The molecule has 2 aromatic heterocycles. The first-order valence-corrected chi connectivity index (χ1v) is 8.81. The molecule has 0 aliphatic heterocycles. The molecule has 6 heteroatoms. The van der Waals surface area contributed by atoms with Gasteiger partial charge in [0.1, 0.15) is 5.82 Å². The molecule has 2 N–H and O–H groups in total. The Morgan fingerprint density at radius 2 is 2.24 bits per heavy atom. The Labute approximate surface area is 139 Å². The molecule has 1 atom stereocenters. The van der Waals surface area contributed by atoms with Gasteiger partial charge in [-0.2, -0.15) is 5.10 Å². The molecule has 0 saturated heterocycles. The molecule has 21 heavy (non-hydrogen) atoms. The molecule has 2 rings (SSSR count). The molecule has 2 heterocycles. The van der Waals surface area contributed by atoms with E-state index in [0.717, 1.165) is 29.6 Å². The zero-order valence-corrected chi connectivity index (χ0v) is 15.5. The predicted octanol–water partition coefficient (Wildman–Crippen LogP) is 3.47. The molecule has 4 nitrogen and oxygen atoms in total. The predicted molar refractivity (Wildman–Crippen MR) is 94.0 cm³/mol. The first-order chi connectivity index (χ1) is 9.92. The first-order valence-electron chi connectivity index (χ1n) is 7.14. The summed E-state index contributed by atoms with van der Waals surface area (Å²) in [5.74, 6) is 1.17. The number of aromatic nitrogens is 2. The van der Waals surface area contributed by atoms with Crippen LogP contribution < -0.4 is 10.6 Å². The fourth-order valence-corrected chi connectivity index (χ4v) is 4.06. The number of aryl methyl sites for hydroxylation is 2. The SMILES string of the molecule is CCC(N)Cc1c(C)nn(C)c1N(C)Cc1cc(Br)cs1. The van der Waals surface area contributed by atoms with Gasteiger partial charge in [0.25, 0.3) is 0 Å². The molecule has 0 fully saturated rings. The van der Waals surface area contributed by atoms with Gasteiger partial charge < -0.3 is 10.6 Å². The van der Waals surface area contributed by atoms with Crippen LogP contribution in [0.1, 0.15) is 29.5 Å². The lowest BCUT2D eigenvalue weighted by molar-refractivity contribution is 0.642. The second kappa shape index (κ2) is 6.94. The Morgan fingerprint density at radius 3 is 2.81 bits per heavy atom. The minimum absolute atomic E-state index is 0.191. The molecule has 0 saturated carbocycles. The van der Waals surface area contributed by atoms with E-state index >= 15 is 0 Å². The minimum atomic E-state index is 0.191. The van der Waals surface area contributed by atoms with Gasteiger partial charge in [0, 0.05) is 40.4 Å². The Balaban J connectivity index is 2.25. The van der Waals surface area contributed by atoms with Gasteiger partial charge in [-0.1, -0.05) is 6.92 Å². The second-order valence-corrected chi connectivity index (χ2v) is 7.38. The number of nitrogens with zero attached hydrogens (tertiary/aromatic N) is 3. The van der Waals surface area contributed by atoms with E-state index in [4.69, 9.17) is 5.73 Å². The second-order valence-electron chi connectivity index (χ2n) is 5.47. The van der Waals surface area contributed by atoms with Crippen molar-refractivity contribution in [1.82, 2.24) is 9.78 Å². The fraction of sp³-hybridized carbons (Fsp3) is 0.533.